The first-order valence-electron chi connectivity index (χ1n) is 8.57. The van der Waals surface area contributed by atoms with Crippen LogP contribution in [0.5, 0.6) is 0 Å². The van der Waals surface area contributed by atoms with Gasteiger partial charge in [-0.3, -0.25) is 9.36 Å². The van der Waals surface area contributed by atoms with Crippen molar-refractivity contribution in [2.45, 2.75) is 20.1 Å². The van der Waals surface area contributed by atoms with E-state index in [9.17, 15) is 9.90 Å². The highest BCUT2D eigenvalue weighted by molar-refractivity contribution is 7.15. The van der Waals surface area contributed by atoms with Gasteiger partial charge in [0.2, 0.25) is 0 Å². The van der Waals surface area contributed by atoms with Gasteiger partial charge in [-0.1, -0.05) is 23.7 Å². The zero-order valence-corrected chi connectivity index (χ0v) is 16.6. The number of rotatable bonds is 4. The number of aryl methyl sites for hydroxylation is 1. The lowest BCUT2D eigenvalue weighted by Gasteiger charge is -2.12. The van der Waals surface area contributed by atoms with Crippen LogP contribution in [0.2, 0.25) is 5.02 Å². The van der Waals surface area contributed by atoms with Gasteiger partial charge in [0.1, 0.15) is 10.8 Å². The fourth-order valence-electron chi connectivity index (χ4n) is 3.08. The number of nitrogens with zero attached hydrogens (tertiary/aromatic N) is 3. The van der Waals surface area contributed by atoms with Crippen LogP contribution in [-0.2, 0) is 13.2 Å². The molecule has 0 saturated heterocycles. The van der Waals surface area contributed by atoms with Crippen LogP contribution in [0.1, 0.15) is 16.4 Å². The van der Waals surface area contributed by atoms with Crippen molar-refractivity contribution in [3.05, 3.63) is 74.4 Å². The summed E-state index contributed by atoms with van der Waals surface area (Å²) in [7, 11) is 0. The Morgan fingerprint density at radius 2 is 2.00 bits per heavy atom. The third-order valence-corrected chi connectivity index (χ3v) is 5.79. The number of anilines is 1. The average Bonchev–Trinajstić information content (AvgIpc) is 3.16. The molecule has 0 spiro atoms. The third-order valence-electron chi connectivity index (χ3n) is 4.52. The quantitative estimate of drug-likeness (QED) is 0.499. The van der Waals surface area contributed by atoms with Gasteiger partial charge in [0.05, 0.1) is 28.9 Å². The fourth-order valence-corrected chi connectivity index (χ4v) is 4.02. The van der Waals surface area contributed by atoms with Crippen molar-refractivity contribution in [2.75, 3.05) is 5.73 Å². The van der Waals surface area contributed by atoms with Gasteiger partial charge < -0.3 is 10.8 Å². The molecule has 0 radical (unpaired) electrons. The number of thiazole rings is 1. The van der Waals surface area contributed by atoms with Crippen LogP contribution in [0, 0.1) is 6.92 Å². The Balaban J connectivity index is 1.82. The highest BCUT2D eigenvalue weighted by Gasteiger charge is 2.14. The minimum atomic E-state index is -0.143. The third kappa shape index (κ3) is 3.40. The predicted octanol–water partition coefficient (Wildman–Crippen LogP) is 3.60. The van der Waals surface area contributed by atoms with Gasteiger partial charge in [0.15, 0.2) is 0 Å². The second-order valence-corrected chi connectivity index (χ2v) is 7.96. The molecule has 8 heteroatoms. The molecule has 0 aliphatic rings. The normalized spacial score (nSPS) is 11.2. The monoisotopic (exact) mass is 412 g/mol. The van der Waals surface area contributed by atoms with Crippen molar-refractivity contribution in [1.29, 1.82) is 0 Å². The SMILES string of the molecule is Cc1nc2cc(-c3cnc(CO)s3)c(N)cc2c(=O)n1Cc1ccc(Cl)cc1. The summed E-state index contributed by atoms with van der Waals surface area (Å²) in [6.07, 6.45) is 1.67. The molecule has 2 aromatic carbocycles. The summed E-state index contributed by atoms with van der Waals surface area (Å²) < 4.78 is 1.63. The number of benzene rings is 2. The molecule has 4 rings (SSSR count). The Kier molecular flexibility index (Phi) is 4.89. The summed E-state index contributed by atoms with van der Waals surface area (Å²) in [6.45, 7) is 2.09. The molecule has 2 aromatic heterocycles. The van der Waals surface area contributed by atoms with Gasteiger partial charge in [-0.25, -0.2) is 9.97 Å². The average molecular weight is 413 g/mol. The number of nitrogens with two attached hydrogens (primary N) is 1. The van der Waals surface area contributed by atoms with E-state index in [0.717, 1.165) is 16.0 Å². The topological polar surface area (TPSA) is 94.0 Å². The van der Waals surface area contributed by atoms with E-state index < -0.39 is 0 Å². The second-order valence-electron chi connectivity index (χ2n) is 6.41. The zero-order valence-electron chi connectivity index (χ0n) is 15.0. The maximum Gasteiger partial charge on any atom is 0.261 e. The van der Waals surface area contributed by atoms with Crippen molar-refractivity contribution < 1.29 is 5.11 Å². The first-order chi connectivity index (χ1) is 13.5. The van der Waals surface area contributed by atoms with Crippen molar-refractivity contribution in [2.24, 2.45) is 0 Å². The molecule has 28 heavy (non-hydrogen) atoms. The molecule has 0 aliphatic carbocycles. The number of aliphatic hydroxyl groups is 1. The first kappa shape index (κ1) is 18.6. The van der Waals surface area contributed by atoms with Crippen LogP contribution in [0.3, 0.4) is 0 Å². The van der Waals surface area contributed by atoms with E-state index >= 15 is 0 Å². The van der Waals surface area contributed by atoms with Crippen molar-refractivity contribution >= 4 is 39.5 Å². The molecular formula is C20H17ClN4O2S. The Morgan fingerprint density at radius 3 is 2.68 bits per heavy atom. The van der Waals surface area contributed by atoms with Gasteiger partial charge in [0.25, 0.3) is 5.56 Å². The van der Waals surface area contributed by atoms with Crippen LogP contribution in [-0.4, -0.2) is 19.6 Å². The molecule has 4 aromatic rings. The Hall–Kier alpha value is -2.74. The van der Waals surface area contributed by atoms with Gasteiger partial charge in [-0.05, 0) is 36.8 Å². The van der Waals surface area contributed by atoms with E-state index in [0.29, 0.717) is 39.0 Å². The minimum Gasteiger partial charge on any atom is -0.398 e. The highest BCUT2D eigenvalue weighted by Crippen LogP contribution is 2.33. The van der Waals surface area contributed by atoms with Gasteiger partial charge in [-0.2, -0.15) is 0 Å². The van der Waals surface area contributed by atoms with E-state index in [-0.39, 0.29) is 12.2 Å². The van der Waals surface area contributed by atoms with Gasteiger partial charge in [-0.15, -0.1) is 11.3 Å². The van der Waals surface area contributed by atoms with Crippen LogP contribution < -0.4 is 11.3 Å². The van der Waals surface area contributed by atoms with Gasteiger partial charge >= 0.3 is 0 Å². The lowest BCUT2D eigenvalue weighted by atomic mass is 10.1. The Morgan fingerprint density at radius 1 is 1.25 bits per heavy atom. The largest absolute Gasteiger partial charge is 0.398 e. The molecule has 142 valence electrons. The number of hydrogen-bond acceptors (Lipinski definition) is 6. The van der Waals surface area contributed by atoms with Gasteiger partial charge in [0, 0.05) is 22.5 Å². The van der Waals surface area contributed by atoms with Crippen LogP contribution >= 0.6 is 22.9 Å². The van der Waals surface area contributed by atoms with E-state index in [2.05, 4.69) is 9.97 Å². The predicted molar refractivity (Wildman–Crippen MR) is 113 cm³/mol. The number of hydrogen-bond donors (Lipinski definition) is 2. The standard InChI is InChI=1S/C20H17ClN4O2S/c1-11-24-17-7-14(18-8-23-19(10-26)28-18)16(22)6-15(17)20(27)25(11)9-12-2-4-13(21)5-3-12/h2-8,26H,9-10,22H2,1H3. The van der Waals surface area contributed by atoms with E-state index in [1.54, 1.807) is 35.0 Å². The summed E-state index contributed by atoms with van der Waals surface area (Å²) in [5.41, 5.74) is 8.85. The molecule has 0 atom stereocenters. The Labute approximate surface area is 169 Å². The van der Waals surface area contributed by atoms with Crippen LogP contribution in [0.15, 0.2) is 47.4 Å². The number of aliphatic hydroxyl groups excluding tert-OH is 1. The smallest absolute Gasteiger partial charge is 0.261 e. The molecule has 0 fully saturated rings. The lowest BCUT2D eigenvalue weighted by Crippen LogP contribution is -2.24. The maximum atomic E-state index is 13.1. The summed E-state index contributed by atoms with van der Waals surface area (Å²) in [5.74, 6) is 0.614. The summed E-state index contributed by atoms with van der Waals surface area (Å²) in [4.78, 5) is 22.7. The molecule has 0 aliphatic heterocycles. The number of aromatic nitrogens is 3. The van der Waals surface area contributed by atoms with E-state index in [1.807, 2.05) is 19.1 Å². The van der Waals surface area contributed by atoms with E-state index in [4.69, 9.17) is 17.3 Å². The molecule has 3 N–H and O–H groups in total. The fraction of sp³-hybridized carbons (Fsp3) is 0.150. The summed E-state index contributed by atoms with van der Waals surface area (Å²) in [5, 5.41) is 11.0. The molecule has 0 amide bonds. The second kappa shape index (κ2) is 7.35. The van der Waals surface area contributed by atoms with Crippen molar-refractivity contribution in [3.63, 3.8) is 0 Å². The van der Waals surface area contributed by atoms with Crippen molar-refractivity contribution in [3.8, 4) is 10.4 Å². The highest BCUT2D eigenvalue weighted by atomic mass is 35.5. The first-order valence-corrected chi connectivity index (χ1v) is 9.77. The van der Waals surface area contributed by atoms with Crippen LogP contribution in [0.4, 0.5) is 5.69 Å². The number of halogens is 1. The molecule has 0 bridgehead atoms. The molecule has 6 nitrogen and oxygen atoms in total. The molecule has 2 heterocycles. The summed E-state index contributed by atoms with van der Waals surface area (Å²) in [6, 6.07) is 10.8. The Bertz CT molecular complexity index is 1230. The minimum absolute atomic E-state index is 0.120. The van der Waals surface area contributed by atoms with Crippen molar-refractivity contribution in [1.82, 2.24) is 14.5 Å². The van der Waals surface area contributed by atoms with E-state index in [1.165, 1.54) is 11.3 Å². The number of nitrogen functional groups attached to an aromatic ring is 1. The molecule has 0 saturated carbocycles. The van der Waals surface area contributed by atoms with Crippen LogP contribution in [0.25, 0.3) is 21.3 Å². The lowest BCUT2D eigenvalue weighted by molar-refractivity contribution is 0.281. The summed E-state index contributed by atoms with van der Waals surface area (Å²) >= 11 is 7.30. The molecular weight excluding hydrogens is 396 g/mol. The molecule has 0 unspecified atom stereocenters. The maximum absolute atomic E-state index is 13.1. The number of fused-ring (bicyclic) bond motifs is 1. The zero-order chi connectivity index (χ0) is 19.8.